The van der Waals surface area contributed by atoms with Gasteiger partial charge in [-0.15, -0.1) is 0 Å². The third kappa shape index (κ3) is 6.79. The molecule has 5 rings (SSSR count). The molecule has 2 aromatic carbocycles. The average molecular weight is 555 g/mol. The summed E-state index contributed by atoms with van der Waals surface area (Å²) in [5.41, 5.74) is 10.7. The minimum atomic E-state index is -0.730. The second-order valence-electron chi connectivity index (χ2n) is 11.4. The first kappa shape index (κ1) is 28.4. The van der Waals surface area contributed by atoms with Gasteiger partial charge in [-0.2, -0.15) is 5.26 Å². The van der Waals surface area contributed by atoms with Crippen LogP contribution >= 0.6 is 0 Å². The van der Waals surface area contributed by atoms with E-state index in [1.54, 1.807) is 6.07 Å². The second kappa shape index (κ2) is 12.6. The Kier molecular flexibility index (Phi) is 8.72. The number of piperazine rings is 1. The molecule has 0 bridgehead atoms. The third-order valence-corrected chi connectivity index (χ3v) is 7.83. The molecule has 41 heavy (non-hydrogen) atoms. The number of aromatic amines is 1. The fourth-order valence-electron chi connectivity index (χ4n) is 5.56. The average Bonchev–Trinajstić information content (AvgIpc) is 3.58. The molecule has 3 heterocycles. The molecule has 1 aliphatic rings. The molecule has 0 radical (unpaired) electrons. The molecular formula is C32H38N6O3. The molecule has 4 N–H and O–H groups in total. The van der Waals surface area contributed by atoms with Crippen molar-refractivity contribution in [3.8, 4) is 6.07 Å². The number of fused-ring (bicyclic) bond motifs is 2. The number of carbonyl (C=O) groups excluding carboxylic acids is 2. The van der Waals surface area contributed by atoms with Crippen molar-refractivity contribution in [2.24, 2.45) is 11.7 Å². The Morgan fingerprint density at radius 1 is 1.10 bits per heavy atom. The lowest BCUT2D eigenvalue weighted by molar-refractivity contribution is -0.121. The Balaban J connectivity index is 1.09. The summed E-state index contributed by atoms with van der Waals surface area (Å²) in [4.78, 5) is 33.0. The summed E-state index contributed by atoms with van der Waals surface area (Å²) in [6, 6.07) is 14.9. The summed E-state index contributed by atoms with van der Waals surface area (Å²) in [5, 5.41) is 13.5. The normalized spacial score (nSPS) is 15.0. The lowest BCUT2D eigenvalue weighted by atomic mass is 10.0. The Hall–Kier alpha value is -4.13. The quantitative estimate of drug-likeness (QED) is 0.245. The Morgan fingerprint density at radius 2 is 1.90 bits per heavy atom. The van der Waals surface area contributed by atoms with Crippen molar-refractivity contribution < 1.29 is 14.0 Å². The van der Waals surface area contributed by atoms with E-state index in [9.17, 15) is 14.9 Å². The van der Waals surface area contributed by atoms with Gasteiger partial charge in [0.1, 0.15) is 5.58 Å². The van der Waals surface area contributed by atoms with E-state index in [1.807, 2.05) is 50.2 Å². The maximum absolute atomic E-state index is 12.6. The van der Waals surface area contributed by atoms with Gasteiger partial charge in [-0.05, 0) is 86.2 Å². The number of aromatic nitrogens is 1. The number of imide groups is 1. The van der Waals surface area contributed by atoms with Crippen LogP contribution in [-0.2, 0) is 11.2 Å². The van der Waals surface area contributed by atoms with E-state index in [2.05, 4.69) is 32.4 Å². The molecule has 2 amide bonds. The number of unbranched alkanes of at least 4 members (excludes halogenated alkanes) is 1. The van der Waals surface area contributed by atoms with Crippen molar-refractivity contribution in [1.82, 2.24) is 15.2 Å². The van der Waals surface area contributed by atoms with Gasteiger partial charge in [-0.3, -0.25) is 19.8 Å². The highest BCUT2D eigenvalue weighted by Gasteiger charge is 2.22. The molecule has 1 fully saturated rings. The zero-order chi connectivity index (χ0) is 28.9. The zero-order valence-corrected chi connectivity index (χ0v) is 23.8. The van der Waals surface area contributed by atoms with Crippen LogP contribution in [0, 0.1) is 17.2 Å². The van der Waals surface area contributed by atoms with E-state index in [0.29, 0.717) is 17.6 Å². The number of hydrogen-bond acceptors (Lipinski definition) is 7. The highest BCUT2D eigenvalue weighted by Crippen LogP contribution is 2.26. The highest BCUT2D eigenvalue weighted by atomic mass is 16.3. The van der Waals surface area contributed by atoms with Crippen molar-refractivity contribution in [3.05, 3.63) is 65.5 Å². The molecule has 214 valence electrons. The van der Waals surface area contributed by atoms with Crippen LogP contribution in [0.25, 0.3) is 21.9 Å². The van der Waals surface area contributed by atoms with Crippen LogP contribution in [-0.4, -0.2) is 60.5 Å². The van der Waals surface area contributed by atoms with Gasteiger partial charge < -0.3 is 20.0 Å². The molecule has 4 aromatic rings. The van der Waals surface area contributed by atoms with Crippen LogP contribution in [0.2, 0.25) is 0 Å². The number of rotatable bonds is 10. The minimum absolute atomic E-state index is 0.102. The first-order valence-electron chi connectivity index (χ1n) is 14.4. The number of nitrogens with one attached hydrogen (secondary N) is 2. The number of aryl methyl sites for hydroxylation is 1. The van der Waals surface area contributed by atoms with Crippen LogP contribution in [0.3, 0.4) is 0 Å². The molecule has 1 atom stereocenters. The van der Waals surface area contributed by atoms with E-state index < -0.39 is 17.9 Å². The monoisotopic (exact) mass is 554 g/mol. The SMILES string of the molecule is CC(C)CC(N)C(=O)NC(=O)c1cc2cc(N3CCN(CCCCc4c[nH]c5ccc(C#N)cc45)CC3)ccc2o1. The van der Waals surface area contributed by atoms with Crippen molar-refractivity contribution in [3.63, 3.8) is 0 Å². The van der Waals surface area contributed by atoms with Gasteiger partial charge in [0.2, 0.25) is 5.91 Å². The number of H-pyrrole nitrogens is 1. The number of anilines is 1. The van der Waals surface area contributed by atoms with Gasteiger partial charge in [0.15, 0.2) is 5.76 Å². The predicted molar refractivity (Wildman–Crippen MR) is 161 cm³/mol. The number of nitrogens with two attached hydrogens (primary N) is 1. The van der Waals surface area contributed by atoms with Crippen LogP contribution in [0.1, 0.15) is 54.8 Å². The molecular weight excluding hydrogens is 516 g/mol. The largest absolute Gasteiger partial charge is 0.451 e. The number of carbonyl (C=O) groups is 2. The smallest absolute Gasteiger partial charge is 0.293 e. The summed E-state index contributed by atoms with van der Waals surface area (Å²) >= 11 is 0. The maximum Gasteiger partial charge on any atom is 0.293 e. The van der Waals surface area contributed by atoms with Gasteiger partial charge in [-0.25, -0.2) is 0 Å². The van der Waals surface area contributed by atoms with Crippen LogP contribution < -0.4 is 16.0 Å². The summed E-state index contributed by atoms with van der Waals surface area (Å²) in [5.74, 6) is -0.703. The van der Waals surface area contributed by atoms with Crippen LogP contribution in [0.15, 0.2) is 53.1 Å². The van der Waals surface area contributed by atoms with E-state index in [-0.39, 0.29) is 11.7 Å². The molecule has 0 saturated carbocycles. The number of nitrogens with zero attached hydrogens (tertiary/aromatic N) is 3. The van der Waals surface area contributed by atoms with E-state index in [0.717, 1.165) is 74.0 Å². The van der Waals surface area contributed by atoms with Crippen LogP contribution in [0.4, 0.5) is 5.69 Å². The molecule has 2 aromatic heterocycles. The predicted octanol–water partition coefficient (Wildman–Crippen LogP) is 4.56. The van der Waals surface area contributed by atoms with Crippen molar-refractivity contribution in [2.45, 2.75) is 45.6 Å². The lowest BCUT2D eigenvalue weighted by Crippen LogP contribution is -2.46. The molecule has 1 aliphatic heterocycles. The molecule has 1 unspecified atom stereocenters. The Morgan fingerprint density at radius 3 is 2.66 bits per heavy atom. The Labute approximate surface area is 240 Å². The fourth-order valence-corrected chi connectivity index (χ4v) is 5.56. The van der Waals surface area contributed by atoms with Crippen molar-refractivity contribution in [2.75, 3.05) is 37.6 Å². The molecule has 1 saturated heterocycles. The number of furan rings is 1. The lowest BCUT2D eigenvalue weighted by Gasteiger charge is -2.36. The van der Waals surface area contributed by atoms with Crippen LogP contribution in [0.5, 0.6) is 0 Å². The van der Waals surface area contributed by atoms with E-state index >= 15 is 0 Å². The molecule has 0 spiro atoms. The highest BCUT2D eigenvalue weighted by molar-refractivity contribution is 6.06. The van der Waals surface area contributed by atoms with Gasteiger partial charge in [0, 0.05) is 54.4 Å². The summed E-state index contributed by atoms with van der Waals surface area (Å²) in [6.45, 7) is 8.87. The summed E-state index contributed by atoms with van der Waals surface area (Å²) < 4.78 is 5.72. The maximum atomic E-state index is 12.6. The minimum Gasteiger partial charge on any atom is -0.451 e. The number of amides is 2. The molecule has 9 nitrogen and oxygen atoms in total. The molecule has 9 heteroatoms. The van der Waals surface area contributed by atoms with Crippen molar-refractivity contribution in [1.29, 1.82) is 5.26 Å². The number of hydrogen-bond donors (Lipinski definition) is 3. The summed E-state index contributed by atoms with van der Waals surface area (Å²) in [7, 11) is 0. The van der Waals surface area contributed by atoms with Gasteiger partial charge >= 0.3 is 0 Å². The number of nitriles is 1. The van der Waals surface area contributed by atoms with Gasteiger partial charge in [0.05, 0.1) is 17.7 Å². The third-order valence-electron chi connectivity index (χ3n) is 7.83. The van der Waals surface area contributed by atoms with Gasteiger partial charge in [0.25, 0.3) is 5.91 Å². The van der Waals surface area contributed by atoms with Gasteiger partial charge in [-0.1, -0.05) is 13.8 Å². The Bertz CT molecular complexity index is 1570. The first-order valence-corrected chi connectivity index (χ1v) is 14.4. The first-order chi connectivity index (χ1) is 19.8. The number of benzene rings is 2. The van der Waals surface area contributed by atoms with Crippen molar-refractivity contribution >= 4 is 39.4 Å². The standard InChI is InChI=1S/C32H38N6O3/c1-21(2)15-27(34)31(39)36-32(40)30-18-24-17-25(7-9-29(24)41-30)38-13-11-37(12-14-38)10-4-3-5-23-20-35-28-8-6-22(19-33)16-26(23)28/h6-9,16-18,20-21,27,35H,3-5,10-15,34H2,1-2H3,(H,36,39,40). The topological polar surface area (TPSA) is 131 Å². The second-order valence-corrected chi connectivity index (χ2v) is 11.4. The fraction of sp³-hybridized carbons (Fsp3) is 0.406. The summed E-state index contributed by atoms with van der Waals surface area (Å²) in [6.07, 6.45) is 5.80. The van der Waals surface area contributed by atoms with E-state index in [1.165, 1.54) is 5.56 Å². The zero-order valence-electron chi connectivity index (χ0n) is 23.8. The van der Waals surface area contributed by atoms with E-state index in [4.69, 9.17) is 10.2 Å². The molecule has 0 aliphatic carbocycles.